The van der Waals surface area contributed by atoms with E-state index in [4.69, 9.17) is 4.98 Å². The van der Waals surface area contributed by atoms with Crippen molar-refractivity contribution in [3.05, 3.63) is 148 Å². The molecule has 0 aliphatic heterocycles. The Morgan fingerprint density at radius 3 is 1.87 bits per heavy atom. The maximum atomic E-state index is 14.8. The monoisotopic (exact) mass is 515 g/mol. The minimum atomic E-state index is -0.493. The molecule has 5 heteroatoms. The normalized spacial score (nSPS) is 12.0. The van der Waals surface area contributed by atoms with Crippen LogP contribution >= 0.6 is 0 Å². The van der Waals surface area contributed by atoms with Gasteiger partial charge in [-0.25, -0.2) is 4.98 Å². The summed E-state index contributed by atoms with van der Waals surface area (Å²) in [6, 6.07) is 36.9. The van der Waals surface area contributed by atoms with Crippen molar-refractivity contribution in [2.24, 2.45) is 0 Å². The Morgan fingerprint density at radius 1 is 0.769 bits per heavy atom. The second-order valence-corrected chi connectivity index (χ2v) is 9.67. The second kappa shape index (κ2) is 11.9. The van der Waals surface area contributed by atoms with Crippen LogP contribution < -0.4 is 5.56 Å². The van der Waals surface area contributed by atoms with Crippen molar-refractivity contribution in [1.82, 2.24) is 14.5 Å². The molecular formula is C34H33N3O2. The molecule has 0 saturated carbocycles. The number of rotatable bonds is 9. The van der Waals surface area contributed by atoms with Gasteiger partial charge in [-0.05, 0) is 42.2 Å². The van der Waals surface area contributed by atoms with Gasteiger partial charge in [-0.15, -0.1) is 0 Å². The molecule has 0 fully saturated rings. The minimum Gasteiger partial charge on any atom is -0.327 e. The van der Waals surface area contributed by atoms with Crippen LogP contribution in [0.25, 0.3) is 10.9 Å². The van der Waals surface area contributed by atoms with Gasteiger partial charge in [0.2, 0.25) is 5.91 Å². The van der Waals surface area contributed by atoms with E-state index in [2.05, 4.69) is 6.92 Å². The van der Waals surface area contributed by atoms with E-state index in [0.717, 1.165) is 16.7 Å². The summed E-state index contributed by atoms with van der Waals surface area (Å²) in [5, 5.41) is 0.588. The van der Waals surface area contributed by atoms with E-state index in [1.54, 1.807) is 4.57 Å². The molecule has 4 aromatic carbocycles. The van der Waals surface area contributed by atoms with E-state index >= 15 is 0 Å². The number of carbonyl (C=O) groups is 1. The Balaban J connectivity index is 1.69. The summed E-state index contributed by atoms with van der Waals surface area (Å²) in [5.41, 5.74) is 3.46. The van der Waals surface area contributed by atoms with Crippen molar-refractivity contribution in [2.75, 3.05) is 0 Å². The van der Waals surface area contributed by atoms with Gasteiger partial charge in [0.05, 0.1) is 22.9 Å². The van der Waals surface area contributed by atoms with Gasteiger partial charge in [0.25, 0.3) is 5.56 Å². The molecule has 39 heavy (non-hydrogen) atoms. The average Bonchev–Trinajstić information content (AvgIpc) is 2.99. The summed E-state index contributed by atoms with van der Waals surface area (Å²) in [6.07, 6.45) is 0.611. The number of benzene rings is 4. The first-order valence-electron chi connectivity index (χ1n) is 13.6. The predicted octanol–water partition coefficient (Wildman–Crippen LogP) is 6.73. The van der Waals surface area contributed by atoms with Crippen LogP contribution in [-0.2, 0) is 17.9 Å². The lowest BCUT2D eigenvalue weighted by atomic mass is 9.89. The van der Waals surface area contributed by atoms with Crippen LogP contribution in [0.4, 0.5) is 0 Å². The summed E-state index contributed by atoms with van der Waals surface area (Å²) in [4.78, 5) is 35.2. The maximum absolute atomic E-state index is 14.8. The highest BCUT2D eigenvalue weighted by Gasteiger charge is 2.34. The van der Waals surface area contributed by atoms with E-state index in [1.807, 2.05) is 127 Å². The third-order valence-electron chi connectivity index (χ3n) is 7.26. The Bertz CT molecular complexity index is 1560. The first-order valence-corrected chi connectivity index (χ1v) is 13.6. The van der Waals surface area contributed by atoms with Gasteiger partial charge in [-0.3, -0.25) is 14.2 Å². The molecule has 1 heterocycles. The number of hydrogen-bond donors (Lipinski definition) is 0. The SMILES string of the molecule is CCC(c1nc2ccccc2c(=O)n1CC)N(Cc1ccccc1)C(=O)C(c1ccccc1)c1ccccc1. The molecule has 1 aromatic heterocycles. The highest BCUT2D eigenvalue weighted by molar-refractivity contribution is 5.87. The van der Waals surface area contributed by atoms with Gasteiger partial charge in [0.15, 0.2) is 0 Å². The van der Waals surface area contributed by atoms with Crippen LogP contribution in [0.3, 0.4) is 0 Å². The summed E-state index contributed by atoms with van der Waals surface area (Å²) in [7, 11) is 0. The van der Waals surface area contributed by atoms with Gasteiger partial charge in [0, 0.05) is 13.1 Å². The molecule has 1 atom stereocenters. The van der Waals surface area contributed by atoms with Crippen molar-refractivity contribution in [1.29, 1.82) is 0 Å². The van der Waals surface area contributed by atoms with Crippen LogP contribution in [-0.4, -0.2) is 20.4 Å². The molecule has 0 saturated heterocycles. The Hall–Kier alpha value is -4.51. The summed E-state index contributed by atoms with van der Waals surface area (Å²) in [6.45, 7) is 4.88. The molecule has 1 amide bonds. The van der Waals surface area contributed by atoms with E-state index < -0.39 is 12.0 Å². The smallest absolute Gasteiger partial charge is 0.261 e. The number of carbonyl (C=O) groups excluding carboxylic acids is 1. The fourth-order valence-corrected chi connectivity index (χ4v) is 5.34. The number of fused-ring (bicyclic) bond motifs is 1. The molecule has 0 bridgehead atoms. The van der Waals surface area contributed by atoms with Crippen molar-refractivity contribution >= 4 is 16.8 Å². The molecule has 0 radical (unpaired) electrons. The van der Waals surface area contributed by atoms with Gasteiger partial charge in [-0.2, -0.15) is 0 Å². The van der Waals surface area contributed by atoms with Gasteiger partial charge < -0.3 is 4.90 Å². The van der Waals surface area contributed by atoms with Crippen LogP contribution in [0.15, 0.2) is 120 Å². The van der Waals surface area contributed by atoms with Crippen LogP contribution in [0.2, 0.25) is 0 Å². The molecule has 0 N–H and O–H groups in total. The predicted molar refractivity (Wildman–Crippen MR) is 156 cm³/mol. The topological polar surface area (TPSA) is 55.2 Å². The lowest BCUT2D eigenvalue weighted by Gasteiger charge is -2.35. The largest absolute Gasteiger partial charge is 0.327 e. The van der Waals surface area contributed by atoms with Gasteiger partial charge in [0.1, 0.15) is 5.82 Å². The van der Waals surface area contributed by atoms with E-state index in [0.29, 0.717) is 36.2 Å². The number of amides is 1. The molecule has 5 rings (SSSR count). The number of hydrogen-bond acceptors (Lipinski definition) is 3. The average molecular weight is 516 g/mol. The zero-order valence-corrected chi connectivity index (χ0v) is 22.4. The highest BCUT2D eigenvalue weighted by atomic mass is 16.2. The molecule has 0 spiro atoms. The van der Waals surface area contributed by atoms with Crippen LogP contribution in [0, 0.1) is 0 Å². The maximum Gasteiger partial charge on any atom is 0.261 e. The molecule has 1 unspecified atom stereocenters. The van der Waals surface area contributed by atoms with Crippen LogP contribution in [0.1, 0.15) is 54.7 Å². The molecule has 5 nitrogen and oxygen atoms in total. The molecule has 0 aliphatic carbocycles. The first-order chi connectivity index (χ1) is 19.1. The molecule has 0 aliphatic rings. The fourth-order valence-electron chi connectivity index (χ4n) is 5.34. The zero-order valence-electron chi connectivity index (χ0n) is 22.4. The lowest BCUT2D eigenvalue weighted by molar-refractivity contribution is -0.135. The molecule has 196 valence electrons. The highest BCUT2D eigenvalue weighted by Crippen LogP contribution is 2.33. The van der Waals surface area contributed by atoms with E-state index in [9.17, 15) is 9.59 Å². The Labute approximate surface area is 229 Å². The number of aromatic nitrogens is 2. The van der Waals surface area contributed by atoms with Crippen molar-refractivity contribution < 1.29 is 4.79 Å². The molecule has 5 aromatic rings. The third-order valence-corrected chi connectivity index (χ3v) is 7.26. The Morgan fingerprint density at radius 2 is 1.31 bits per heavy atom. The Kier molecular flexibility index (Phi) is 7.97. The van der Waals surface area contributed by atoms with E-state index in [-0.39, 0.29) is 11.5 Å². The van der Waals surface area contributed by atoms with Crippen molar-refractivity contribution in [2.45, 2.75) is 45.3 Å². The fraction of sp³-hybridized carbons (Fsp3) is 0.206. The summed E-state index contributed by atoms with van der Waals surface area (Å²) in [5.74, 6) is 0.105. The van der Waals surface area contributed by atoms with E-state index in [1.165, 1.54) is 0 Å². The second-order valence-electron chi connectivity index (χ2n) is 9.67. The summed E-state index contributed by atoms with van der Waals surface area (Å²) < 4.78 is 1.72. The zero-order chi connectivity index (χ0) is 27.2. The standard InChI is InChI=1S/C34H33N3O2/c1-3-30(32-35-29-23-15-14-22-28(29)33(38)36(32)4-2)37(24-25-16-8-5-9-17-25)34(39)31(26-18-10-6-11-19-26)27-20-12-7-13-21-27/h5-23,30-31H,3-4,24H2,1-2H3. The van der Waals surface area contributed by atoms with Gasteiger partial charge in [-0.1, -0.05) is 110 Å². The number of para-hydroxylation sites is 1. The minimum absolute atomic E-state index is 0.0202. The first kappa shape index (κ1) is 26.1. The third kappa shape index (κ3) is 5.39. The van der Waals surface area contributed by atoms with Crippen molar-refractivity contribution in [3.8, 4) is 0 Å². The quantitative estimate of drug-likeness (QED) is 0.219. The van der Waals surface area contributed by atoms with Crippen LogP contribution in [0.5, 0.6) is 0 Å². The summed E-state index contributed by atoms with van der Waals surface area (Å²) >= 11 is 0. The lowest BCUT2D eigenvalue weighted by Crippen LogP contribution is -2.41. The van der Waals surface area contributed by atoms with Gasteiger partial charge >= 0.3 is 0 Å². The molecular weight excluding hydrogens is 482 g/mol. The number of nitrogens with zero attached hydrogens (tertiary/aromatic N) is 3. The van der Waals surface area contributed by atoms with Crippen molar-refractivity contribution in [3.63, 3.8) is 0 Å².